The number of carbonyl (C=O) groups is 1. The maximum Gasteiger partial charge on any atom is 0.291 e. The van der Waals surface area contributed by atoms with Gasteiger partial charge in [-0.05, 0) is 66.9 Å². The predicted octanol–water partition coefficient (Wildman–Crippen LogP) is 3.93. The molecule has 33 heavy (non-hydrogen) atoms. The minimum absolute atomic E-state index is 0.100. The minimum Gasteiger partial charge on any atom is -0.474 e. The molecule has 0 radical (unpaired) electrons. The van der Waals surface area contributed by atoms with E-state index in [1.165, 1.54) is 32.1 Å². The Kier molecular flexibility index (Phi) is 7.96. The lowest BCUT2D eigenvalue weighted by Gasteiger charge is -2.54. The van der Waals surface area contributed by atoms with Gasteiger partial charge >= 0.3 is 0 Å². The zero-order valence-corrected chi connectivity index (χ0v) is 21.5. The average molecular weight is 479 g/mol. The van der Waals surface area contributed by atoms with Crippen LogP contribution in [0.1, 0.15) is 70.4 Å². The molecule has 4 saturated carbocycles. The van der Waals surface area contributed by atoms with Gasteiger partial charge in [-0.15, -0.1) is 11.8 Å². The highest BCUT2D eigenvalue weighted by molar-refractivity contribution is 7.99. The second-order valence-corrected chi connectivity index (χ2v) is 12.7. The molecular formula is C25H42N4O3S. The fourth-order valence-corrected chi connectivity index (χ4v) is 7.08. The molecule has 0 spiro atoms. The smallest absolute Gasteiger partial charge is 0.291 e. The summed E-state index contributed by atoms with van der Waals surface area (Å²) in [6.07, 6.45) is 6.48. The number of aromatic nitrogens is 1. The second-order valence-electron chi connectivity index (χ2n) is 11.7. The SMILES string of the molecule is CC(C)CSc1c(OCC(C)(C)CNCCN)noc1C(=O)NC1C2CC3CC(C2)CC1C3. The van der Waals surface area contributed by atoms with Crippen molar-refractivity contribution in [2.75, 3.05) is 32.0 Å². The zero-order chi connectivity index (χ0) is 23.6. The second kappa shape index (κ2) is 10.6. The Balaban J connectivity index is 1.43. The fourth-order valence-electron chi connectivity index (χ4n) is 6.10. The molecule has 1 amide bonds. The molecule has 0 atom stereocenters. The molecule has 1 heterocycles. The Morgan fingerprint density at radius 3 is 2.48 bits per heavy atom. The number of rotatable bonds is 12. The number of amides is 1. The van der Waals surface area contributed by atoms with Gasteiger partial charge in [0, 0.05) is 36.8 Å². The van der Waals surface area contributed by atoms with Crippen molar-refractivity contribution in [3.63, 3.8) is 0 Å². The number of carbonyl (C=O) groups excluding carboxylic acids is 1. The first-order valence-electron chi connectivity index (χ1n) is 12.7. The van der Waals surface area contributed by atoms with Gasteiger partial charge in [0.1, 0.15) is 4.90 Å². The molecule has 0 aromatic carbocycles. The fraction of sp³-hybridized carbons (Fsp3) is 0.840. The molecule has 8 heteroatoms. The van der Waals surface area contributed by atoms with E-state index in [1.807, 2.05) is 0 Å². The van der Waals surface area contributed by atoms with Crippen LogP contribution < -0.4 is 21.1 Å². The minimum atomic E-state index is -0.134. The third-order valence-corrected chi connectivity index (χ3v) is 8.92. The Labute approximate surface area is 202 Å². The third-order valence-electron chi connectivity index (χ3n) is 7.44. The first-order valence-corrected chi connectivity index (χ1v) is 13.7. The first-order chi connectivity index (χ1) is 15.8. The van der Waals surface area contributed by atoms with Gasteiger partial charge in [0.25, 0.3) is 11.8 Å². The standard InChI is InChI=1S/C25H42N4O3S/c1-15(2)12-33-22-21(32-29-24(22)31-14-25(3,4)13-27-6-5-26)23(30)28-20-18-8-16-7-17(10-18)11-19(20)9-16/h15-20,27H,5-14,26H2,1-4H3,(H,28,30). The predicted molar refractivity (Wildman–Crippen MR) is 132 cm³/mol. The highest BCUT2D eigenvalue weighted by atomic mass is 32.2. The number of hydrogen-bond acceptors (Lipinski definition) is 7. The summed E-state index contributed by atoms with van der Waals surface area (Å²) in [5.74, 6) is 4.97. The molecule has 186 valence electrons. The lowest BCUT2D eigenvalue weighted by atomic mass is 9.54. The number of nitrogens with two attached hydrogens (primary N) is 1. The molecule has 0 unspecified atom stereocenters. The molecule has 1 aromatic heterocycles. The third kappa shape index (κ3) is 6.06. The van der Waals surface area contributed by atoms with Crippen LogP contribution in [0.3, 0.4) is 0 Å². The monoisotopic (exact) mass is 478 g/mol. The van der Waals surface area contributed by atoms with Gasteiger partial charge in [-0.2, -0.15) is 0 Å². The normalized spacial score (nSPS) is 28.5. The lowest BCUT2D eigenvalue weighted by molar-refractivity contribution is -0.0124. The molecule has 4 bridgehead atoms. The van der Waals surface area contributed by atoms with E-state index in [0.717, 1.165) is 35.6 Å². The van der Waals surface area contributed by atoms with Gasteiger partial charge in [0.15, 0.2) is 0 Å². The van der Waals surface area contributed by atoms with E-state index in [4.69, 9.17) is 15.0 Å². The van der Waals surface area contributed by atoms with Crippen molar-refractivity contribution in [2.24, 2.45) is 40.7 Å². The van der Waals surface area contributed by atoms with Crippen molar-refractivity contribution in [2.45, 2.75) is 70.7 Å². The van der Waals surface area contributed by atoms with Gasteiger partial charge in [0.05, 0.1) is 6.61 Å². The summed E-state index contributed by atoms with van der Waals surface area (Å²) in [5.41, 5.74) is 5.48. The molecular weight excluding hydrogens is 436 g/mol. The molecule has 5 rings (SSSR count). The summed E-state index contributed by atoms with van der Waals surface area (Å²) in [7, 11) is 0. The summed E-state index contributed by atoms with van der Waals surface area (Å²) >= 11 is 1.61. The zero-order valence-electron chi connectivity index (χ0n) is 20.7. The van der Waals surface area contributed by atoms with Crippen molar-refractivity contribution in [3.05, 3.63) is 5.76 Å². The molecule has 4 aliphatic rings. The van der Waals surface area contributed by atoms with Crippen LogP contribution in [0.5, 0.6) is 5.88 Å². The summed E-state index contributed by atoms with van der Waals surface area (Å²) in [5, 5.41) is 10.9. The Hall–Kier alpha value is -1.25. The van der Waals surface area contributed by atoms with Crippen molar-refractivity contribution in [3.8, 4) is 5.88 Å². The van der Waals surface area contributed by atoms with Gasteiger partial charge < -0.3 is 25.6 Å². The first kappa shape index (κ1) is 24.9. The molecule has 7 nitrogen and oxygen atoms in total. The van der Waals surface area contributed by atoms with E-state index in [1.54, 1.807) is 11.8 Å². The van der Waals surface area contributed by atoms with Crippen LogP contribution in [0.15, 0.2) is 9.42 Å². The number of hydrogen-bond donors (Lipinski definition) is 3. The molecule has 4 N–H and O–H groups in total. The van der Waals surface area contributed by atoms with Crippen LogP contribution in [0.25, 0.3) is 0 Å². The summed E-state index contributed by atoms with van der Waals surface area (Å²) < 4.78 is 11.7. The Morgan fingerprint density at radius 1 is 1.21 bits per heavy atom. The molecule has 4 aliphatic carbocycles. The highest BCUT2D eigenvalue weighted by Gasteiger charge is 2.49. The maximum absolute atomic E-state index is 13.4. The average Bonchev–Trinajstić information content (AvgIpc) is 3.16. The van der Waals surface area contributed by atoms with Gasteiger partial charge in [-0.25, -0.2) is 0 Å². The topological polar surface area (TPSA) is 102 Å². The number of nitrogens with one attached hydrogen (secondary N) is 2. The van der Waals surface area contributed by atoms with Crippen LogP contribution in [-0.4, -0.2) is 49.1 Å². The number of thioether (sulfide) groups is 1. The van der Waals surface area contributed by atoms with E-state index in [-0.39, 0.29) is 17.4 Å². The van der Waals surface area contributed by atoms with Crippen LogP contribution in [0.2, 0.25) is 0 Å². The van der Waals surface area contributed by atoms with E-state index in [9.17, 15) is 4.79 Å². The van der Waals surface area contributed by atoms with E-state index in [0.29, 0.717) is 42.5 Å². The van der Waals surface area contributed by atoms with Crippen LogP contribution in [-0.2, 0) is 0 Å². The van der Waals surface area contributed by atoms with E-state index >= 15 is 0 Å². The summed E-state index contributed by atoms with van der Waals surface area (Å²) in [6.45, 7) is 11.3. The molecule has 0 aliphatic heterocycles. The summed E-state index contributed by atoms with van der Waals surface area (Å²) in [6, 6.07) is 0.273. The molecule has 4 fully saturated rings. The van der Waals surface area contributed by atoms with Gasteiger partial charge in [-0.3, -0.25) is 4.79 Å². The summed E-state index contributed by atoms with van der Waals surface area (Å²) in [4.78, 5) is 14.1. The quantitative estimate of drug-likeness (QED) is 0.309. The van der Waals surface area contributed by atoms with E-state index in [2.05, 4.69) is 43.5 Å². The number of ether oxygens (including phenoxy) is 1. The van der Waals surface area contributed by atoms with Gasteiger partial charge in [0.2, 0.25) is 5.76 Å². The lowest BCUT2D eigenvalue weighted by Crippen LogP contribution is -2.55. The van der Waals surface area contributed by atoms with E-state index < -0.39 is 0 Å². The number of nitrogens with zero attached hydrogens (tertiary/aromatic N) is 1. The van der Waals surface area contributed by atoms with Crippen LogP contribution in [0.4, 0.5) is 0 Å². The van der Waals surface area contributed by atoms with Crippen molar-refractivity contribution < 1.29 is 14.1 Å². The van der Waals surface area contributed by atoms with Crippen molar-refractivity contribution >= 4 is 17.7 Å². The maximum atomic E-state index is 13.4. The van der Waals surface area contributed by atoms with Crippen LogP contribution in [0, 0.1) is 35.0 Å². The van der Waals surface area contributed by atoms with Crippen molar-refractivity contribution in [1.29, 1.82) is 0 Å². The molecule has 0 saturated heterocycles. The highest BCUT2D eigenvalue weighted by Crippen LogP contribution is 2.53. The Bertz CT molecular complexity index is 782. The van der Waals surface area contributed by atoms with Gasteiger partial charge in [-0.1, -0.05) is 27.7 Å². The Morgan fingerprint density at radius 2 is 1.88 bits per heavy atom. The van der Waals surface area contributed by atoms with Crippen LogP contribution >= 0.6 is 11.8 Å². The van der Waals surface area contributed by atoms with Crippen molar-refractivity contribution in [1.82, 2.24) is 15.8 Å². The molecule has 1 aromatic rings. The largest absolute Gasteiger partial charge is 0.474 e.